The second-order valence-corrected chi connectivity index (χ2v) is 6.51. The zero-order valence-corrected chi connectivity index (χ0v) is 12.9. The molecule has 0 aromatic heterocycles. The normalized spacial score (nSPS) is 24.2. The van der Waals surface area contributed by atoms with Crippen LogP contribution >= 0.6 is 0 Å². The molecule has 2 atom stereocenters. The van der Waals surface area contributed by atoms with Gasteiger partial charge in [-0.25, -0.2) is 0 Å². The van der Waals surface area contributed by atoms with Gasteiger partial charge in [-0.3, -0.25) is 4.79 Å². The molecule has 0 radical (unpaired) electrons. The quantitative estimate of drug-likeness (QED) is 0.778. The molecule has 4 nitrogen and oxygen atoms in total. The van der Waals surface area contributed by atoms with Crippen LogP contribution in [0.25, 0.3) is 0 Å². The average Bonchev–Trinajstić information content (AvgIpc) is 2.27. The van der Waals surface area contributed by atoms with Crippen LogP contribution in [0.15, 0.2) is 0 Å². The van der Waals surface area contributed by atoms with Gasteiger partial charge in [0.2, 0.25) is 5.91 Å². The second kappa shape index (κ2) is 7.85. The highest BCUT2D eigenvalue weighted by Gasteiger charge is 2.21. The molecular formula is C15H30N2O2. The standard InChI is InChI=1S/C15H30N2O2/c1-5-6-13-11-12(8-10-19-13)16-9-7-14(18)17-15(2,3)4/h12-13,16H,5-11H2,1-4H3,(H,17,18). The second-order valence-electron chi connectivity index (χ2n) is 6.51. The molecule has 0 saturated carbocycles. The van der Waals surface area contributed by atoms with E-state index in [1.165, 1.54) is 6.42 Å². The van der Waals surface area contributed by atoms with Crippen LogP contribution in [0.3, 0.4) is 0 Å². The molecule has 112 valence electrons. The summed E-state index contributed by atoms with van der Waals surface area (Å²) in [6, 6.07) is 0.507. The van der Waals surface area contributed by atoms with E-state index in [0.29, 0.717) is 18.6 Å². The lowest BCUT2D eigenvalue weighted by Gasteiger charge is -2.30. The Bertz CT molecular complexity index is 272. The van der Waals surface area contributed by atoms with Crippen molar-refractivity contribution < 1.29 is 9.53 Å². The van der Waals surface area contributed by atoms with Crippen molar-refractivity contribution in [3.8, 4) is 0 Å². The smallest absolute Gasteiger partial charge is 0.221 e. The molecule has 1 aliphatic heterocycles. The van der Waals surface area contributed by atoms with Crippen molar-refractivity contribution in [1.29, 1.82) is 0 Å². The highest BCUT2D eigenvalue weighted by atomic mass is 16.5. The zero-order valence-electron chi connectivity index (χ0n) is 12.9. The number of ether oxygens (including phenoxy) is 1. The molecule has 2 unspecified atom stereocenters. The maximum absolute atomic E-state index is 11.7. The zero-order chi connectivity index (χ0) is 14.3. The van der Waals surface area contributed by atoms with Crippen LogP contribution in [0.1, 0.15) is 59.8 Å². The van der Waals surface area contributed by atoms with Crippen LogP contribution in [0, 0.1) is 0 Å². The molecule has 0 spiro atoms. The molecule has 0 bridgehead atoms. The van der Waals surface area contributed by atoms with Gasteiger partial charge in [-0.05, 0) is 40.0 Å². The number of rotatable bonds is 6. The van der Waals surface area contributed by atoms with Crippen molar-refractivity contribution >= 4 is 5.91 Å². The van der Waals surface area contributed by atoms with Crippen molar-refractivity contribution in [2.75, 3.05) is 13.2 Å². The van der Waals surface area contributed by atoms with E-state index in [1.807, 2.05) is 20.8 Å². The molecule has 2 N–H and O–H groups in total. The van der Waals surface area contributed by atoms with Gasteiger partial charge in [-0.1, -0.05) is 13.3 Å². The van der Waals surface area contributed by atoms with Crippen LogP contribution < -0.4 is 10.6 Å². The topological polar surface area (TPSA) is 50.4 Å². The highest BCUT2D eigenvalue weighted by Crippen LogP contribution is 2.17. The molecule has 1 aliphatic rings. The van der Waals surface area contributed by atoms with Crippen molar-refractivity contribution in [1.82, 2.24) is 10.6 Å². The van der Waals surface area contributed by atoms with E-state index in [-0.39, 0.29) is 11.4 Å². The van der Waals surface area contributed by atoms with Crippen LogP contribution in [-0.4, -0.2) is 36.7 Å². The van der Waals surface area contributed by atoms with Crippen LogP contribution in [0.5, 0.6) is 0 Å². The predicted molar refractivity (Wildman–Crippen MR) is 78.2 cm³/mol. The number of nitrogens with one attached hydrogen (secondary N) is 2. The Balaban J connectivity index is 2.16. The third kappa shape index (κ3) is 7.53. The largest absolute Gasteiger partial charge is 0.378 e. The Labute approximate surface area is 117 Å². The molecule has 4 heteroatoms. The Morgan fingerprint density at radius 1 is 1.37 bits per heavy atom. The van der Waals surface area contributed by atoms with Crippen molar-refractivity contribution in [3.05, 3.63) is 0 Å². The van der Waals surface area contributed by atoms with Gasteiger partial charge in [0.1, 0.15) is 0 Å². The molecule has 19 heavy (non-hydrogen) atoms. The number of hydrogen-bond acceptors (Lipinski definition) is 3. The summed E-state index contributed by atoms with van der Waals surface area (Å²) in [6.07, 6.45) is 5.40. The van der Waals surface area contributed by atoms with E-state index < -0.39 is 0 Å². The van der Waals surface area contributed by atoms with Gasteiger partial charge in [0, 0.05) is 31.2 Å². The summed E-state index contributed by atoms with van der Waals surface area (Å²) < 4.78 is 5.72. The maximum atomic E-state index is 11.7. The number of carbonyl (C=O) groups excluding carboxylic acids is 1. The SMILES string of the molecule is CCCC1CC(NCCC(=O)NC(C)(C)C)CCO1. The van der Waals surface area contributed by atoms with Gasteiger partial charge in [0.25, 0.3) is 0 Å². The lowest BCUT2D eigenvalue weighted by molar-refractivity contribution is -0.122. The fourth-order valence-electron chi connectivity index (χ4n) is 2.46. The van der Waals surface area contributed by atoms with Crippen LogP contribution in [0.2, 0.25) is 0 Å². The third-order valence-electron chi connectivity index (χ3n) is 3.28. The van der Waals surface area contributed by atoms with Gasteiger partial charge >= 0.3 is 0 Å². The summed E-state index contributed by atoms with van der Waals surface area (Å²) in [5.41, 5.74) is -0.137. The molecule has 0 aliphatic carbocycles. The fourth-order valence-corrected chi connectivity index (χ4v) is 2.46. The minimum absolute atomic E-state index is 0.122. The van der Waals surface area contributed by atoms with E-state index in [1.54, 1.807) is 0 Å². The minimum atomic E-state index is -0.137. The van der Waals surface area contributed by atoms with Gasteiger partial charge in [0.15, 0.2) is 0 Å². The van der Waals surface area contributed by atoms with Gasteiger partial charge in [0.05, 0.1) is 6.10 Å². The highest BCUT2D eigenvalue weighted by molar-refractivity contribution is 5.76. The lowest BCUT2D eigenvalue weighted by Crippen LogP contribution is -2.43. The van der Waals surface area contributed by atoms with E-state index >= 15 is 0 Å². The molecule has 1 heterocycles. The monoisotopic (exact) mass is 270 g/mol. The van der Waals surface area contributed by atoms with Crippen molar-refractivity contribution in [2.24, 2.45) is 0 Å². The Kier molecular flexibility index (Phi) is 6.80. The van der Waals surface area contributed by atoms with Gasteiger partial charge in [-0.2, -0.15) is 0 Å². The Morgan fingerprint density at radius 3 is 2.74 bits per heavy atom. The van der Waals surface area contributed by atoms with E-state index in [2.05, 4.69) is 17.6 Å². The average molecular weight is 270 g/mol. The molecule has 1 fully saturated rings. The minimum Gasteiger partial charge on any atom is -0.378 e. The van der Waals surface area contributed by atoms with E-state index in [4.69, 9.17) is 4.74 Å². The van der Waals surface area contributed by atoms with E-state index in [9.17, 15) is 4.79 Å². The number of amides is 1. The molecule has 1 amide bonds. The van der Waals surface area contributed by atoms with Crippen LogP contribution in [0.4, 0.5) is 0 Å². The van der Waals surface area contributed by atoms with Gasteiger partial charge < -0.3 is 15.4 Å². The summed E-state index contributed by atoms with van der Waals surface area (Å²) >= 11 is 0. The molecule has 0 aromatic rings. The molecule has 1 rings (SSSR count). The first-order chi connectivity index (χ1) is 8.90. The van der Waals surface area contributed by atoms with Gasteiger partial charge in [-0.15, -0.1) is 0 Å². The first-order valence-corrected chi connectivity index (χ1v) is 7.56. The molecular weight excluding hydrogens is 240 g/mol. The maximum Gasteiger partial charge on any atom is 0.221 e. The third-order valence-corrected chi connectivity index (χ3v) is 3.28. The Morgan fingerprint density at radius 2 is 2.11 bits per heavy atom. The van der Waals surface area contributed by atoms with E-state index in [0.717, 1.165) is 32.4 Å². The van der Waals surface area contributed by atoms with Crippen molar-refractivity contribution in [3.63, 3.8) is 0 Å². The number of hydrogen-bond donors (Lipinski definition) is 2. The molecule has 0 aromatic carbocycles. The predicted octanol–water partition coefficient (Wildman–Crippen LogP) is 2.23. The fraction of sp³-hybridized carbons (Fsp3) is 0.933. The van der Waals surface area contributed by atoms with Crippen molar-refractivity contribution in [2.45, 2.75) is 77.5 Å². The first-order valence-electron chi connectivity index (χ1n) is 7.56. The van der Waals surface area contributed by atoms with Crippen LogP contribution in [-0.2, 0) is 9.53 Å². The summed E-state index contributed by atoms with van der Waals surface area (Å²) in [5.74, 6) is 0.122. The summed E-state index contributed by atoms with van der Waals surface area (Å²) in [7, 11) is 0. The number of carbonyl (C=O) groups is 1. The summed E-state index contributed by atoms with van der Waals surface area (Å²) in [4.78, 5) is 11.7. The Hall–Kier alpha value is -0.610. The first kappa shape index (κ1) is 16.4. The summed E-state index contributed by atoms with van der Waals surface area (Å²) in [5, 5.41) is 6.47. The molecule has 1 saturated heterocycles. The lowest BCUT2D eigenvalue weighted by atomic mass is 10.00. The summed E-state index contributed by atoms with van der Waals surface area (Å²) in [6.45, 7) is 9.81.